The van der Waals surface area contributed by atoms with Crippen LogP contribution in [0.2, 0.25) is 0 Å². The highest BCUT2D eigenvalue weighted by Gasteiger charge is 2.20. The molecule has 0 radical (unpaired) electrons. The summed E-state index contributed by atoms with van der Waals surface area (Å²) >= 11 is 0. The second kappa shape index (κ2) is 11.5. The number of anilines is 3. The summed E-state index contributed by atoms with van der Waals surface area (Å²) in [6.45, 7) is 0. The van der Waals surface area contributed by atoms with Crippen LogP contribution >= 0.6 is 0 Å². The van der Waals surface area contributed by atoms with Crippen LogP contribution in [0.5, 0.6) is 0 Å². The van der Waals surface area contributed by atoms with E-state index >= 15 is 0 Å². The van der Waals surface area contributed by atoms with Crippen molar-refractivity contribution in [3.05, 3.63) is 188 Å². The first kappa shape index (κ1) is 28.4. The quantitative estimate of drug-likeness (QED) is 0.175. The molecule has 0 aliphatic rings. The minimum Gasteiger partial charge on any atom is -0.455 e. The Morgan fingerprint density at radius 2 is 0.880 bits per heavy atom. The molecule has 0 N–H and O–H groups in total. The standard InChI is InChI=1S/C48H31NO/c1-2-12-32(13-3-1)33-22-26-36(27-23-33)49(46-31-45-42-19-10-11-21-47(42)50-48(45)43-20-9-8-18-41(43)46)37-28-24-34(25-29-37)44-30-35-14-4-5-15-38(35)39-16-6-7-17-40(39)44/h1-31H. The molecule has 0 amide bonds. The fourth-order valence-corrected chi connectivity index (χ4v) is 7.66. The van der Waals surface area contributed by atoms with Crippen LogP contribution in [-0.4, -0.2) is 0 Å². The Bertz CT molecular complexity index is 2850. The number of rotatable bonds is 5. The lowest BCUT2D eigenvalue weighted by molar-refractivity contribution is 0.672. The van der Waals surface area contributed by atoms with Crippen LogP contribution in [0.15, 0.2) is 192 Å². The zero-order chi connectivity index (χ0) is 33.0. The molecule has 2 heteroatoms. The van der Waals surface area contributed by atoms with Gasteiger partial charge in [-0.3, -0.25) is 0 Å². The summed E-state index contributed by atoms with van der Waals surface area (Å²) in [5.41, 5.74) is 9.92. The lowest BCUT2D eigenvalue weighted by Gasteiger charge is -2.27. The van der Waals surface area contributed by atoms with Crippen molar-refractivity contribution in [2.75, 3.05) is 4.90 Å². The summed E-state index contributed by atoms with van der Waals surface area (Å²) < 4.78 is 6.49. The van der Waals surface area contributed by atoms with Crippen molar-refractivity contribution in [1.29, 1.82) is 0 Å². The zero-order valence-corrected chi connectivity index (χ0v) is 27.3. The molecule has 0 aliphatic carbocycles. The Labute approximate surface area is 290 Å². The molecule has 1 heterocycles. The van der Waals surface area contributed by atoms with E-state index in [4.69, 9.17) is 4.42 Å². The Morgan fingerprint density at radius 1 is 0.340 bits per heavy atom. The maximum Gasteiger partial charge on any atom is 0.143 e. The van der Waals surface area contributed by atoms with Crippen molar-refractivity contribution in [3.63, 3.8) is 0 Å². The maximum atomic E-state index is 6.49. The molecule has 0 fully saturated rings. The number of para-hydroxylation sites is 1. The van der Waals surface area contributed by atoms with Crippen LogP contribution < -0.4 is 4.90 Å². The Hall–Kier alpha value is -6.64. The van der Waals surface area contributed by atoms with Crippen molar-refractivity contribution >= 4 is 71.3 Å². The van der Waals surface area contributed by atoms with Gasteiger partial charge in [0.1, 0.15) is 11.2 Å². The van der Waals surface area contributed by atoms with E-state index < -0.39 is 0 Å². The fourth-order valence-electron chi connectivity index (χ4n) is 7.66. The van der Waals surface area contributed by atoms with E-state index in [0.29, 0.717) is 0 Å². The summed E-state index contributed by atoms with van der Waals surface area (Å²) in [5.74, 6) is 0. The zero-order valence-electron chi connectivity index (χ0n) is 27.3. The van der Waals surface area contributed by atoms with E-state index in [1.807, 2.05) is 6.07 Å². The van der Waals surface area contributed by atoms with Crippen LogP contribution in [0, 0.1) is 0 Å². The highest BCUT2D eigenvalue weighted by molar-refractivity contribution is 6.20. The van der Waals surface area contributed by atoms with Gasteiger partial charge in [0.15, 0.2) is 0 Å². The normalized spacial score (nSPS) is 11.6. The molecule has 2 nitrogen and oxygen atoms in total. The average Bonchev–Trinajstić information content (AvgIpc) is 3.57. The van der Waals surface area contributed by atoms with Gasteiger partial charge in [0.2, 0.25) is 0 Å². The van der Waals surface area contributed by atoms with Crippen molar-refractivity contribution < 1.29 is 4.42 Å². The fraction of sp³-hybridized carbons (Fsp3) is 0. The third kappa shape index (κ3) is 4.57. The van der Waals surface area contributed by atoms with Crippen molar-refractivity contribution in [3.8, 4) is 22.3 Å². The molecular formula is C48H31NO. The summed E-state index contributed by atoms with van der Waals surface area (Å²) in [6.07, 6.45) is 0. The topological polar surface area (TPSA) is 16.4 Å². The van der Waals surface area contributed by atoms with Gasteiger partial charge in [0.25, 0.3) is 0 Å². The predicted octanol–water partition coefficient (Wildman–Crippen LogP) is 13.8. The molecule has 9 aromatic carbocycles. The summed E-state index contributed by atoms with van der Waals surface area (Å²) in [7, 11) is 0. The molecule has 1 aromatic heterocycles. The first-order valence-electron chi connectivity index (χ1n) is 17.1. The third-order valence-corrected chi connectivity index (χ3v) is 10.0. The van der Waals surface area contributed by atoms with Gasteiger partial charge in [-0.05, 0) is 86.3 Å². The SMILES string of the molecule is c1ccc(-c2ccc(N(c3ccc(-c4cc5ccccc5c5ccccc45)cc3)c3cc4c5ccccc5oc4c4ccccc34)cc2)cc1. The van der Waals surface area contributed by atoms with Gasteiger partial charge < -0.3 is 9.32 Å². The van der Waals surface area contributed by atoms with Crippen molar-refractivity contribution in [1.82, 2.24) is 0 Å². The molecular weight excluding hydrogens is 607 g/mol. The summed E-state index contributed by atoms with van der Waals surface area (Å²) in [5, 5.41) is 9.52. The number of furan rings is 1. The minimum atomic E-state index is 0.899. The molecule has 234 valence electrons. The highest BCUT2D eigenvalue weighted by atomic mass is 16.3. The lowest BCUT2D eigenvalue weighted by Crippen LogP contribution is -2.10. The van der Waals surface area contributed by atoms with Crippen LogP contribution in [0.1, 0.15) is 0 Å². The average molecular weight is 638 g/mol. The molecule has 0 bridgehead atoms. The van der Waals surface area contributed by atoms with E-state index in [9.17, 15) is 0 Å². The molecule has 10 rings (SSSR count). The van der Waals surface area contributed by atoms with Gasteiger partial charge in [-0.2, -0.15) is 0 Å². The second-order valence-electron chi connectivity index (χ2n) is 12.9. The first-order chi connectivity index (χ1) is 24.8. The lowest BCUT2D eigenvalue weighted by atomic mass is 9.93. The van der Waals surface area contributed by atoms with Crippen LogP contribution in [-0.2, 0) is 0 Å². The summed E-state index contributed by atoms with van der Waals surface area (Å²) in [6, 6.07) is 67.5. The number of nitrogens with zero attached hydrogens (tertiary/aromatic N) is 1. The number of hydrogen-bond acceptors (Lipinski definition) is 2. The number of benzene rings is 9. The van der Waals surface area contributed by atoms with Gasteiger partial charge in [0.05, 0.1) is 5.69 Å². The summed E-state index contributed by atoms with van der Waals surface area (Å²) in [4.78, 5) is 2.39. The largest absolute Gasteiger partial charge is 0.455 e. The molecule has 0 unspecified atom stereocenters. The predicted molar refractivity (Wildman–Crippen MR) is 212 cm³/mol. The van der Waals surface area contributed by atoms with Crippen LogP contribution in [0.4, 0.5) is 17.1 Å². The van der Waals surface area contributed by atoms with Gasteiger partial charge >= 0.3 is 0 Å². The van der Waals surface area contributed by atoms with Gasteiger partial charge in [-0.25, -0.2) is 0 Å². The first-order valence-corrected chi connectivity index (χ1v) is 17.1. The van der Waals surface area contributed by atoms with Gasteiger partial charge in [-0.1, -0.05) is 146 Å². The number of fused-ring (bicyclic) bond motifs is 8. The molecule has 0 aliphatic heterocycles. The molecule has 0 atom stereocenters. The smallest absolute Gasteiger partial charge is 0.143 e. The van der Waals surface area contributed by atoms with Gasteiger partial charge in [0, 0.05) is 32.9 Å². The molecule has 0 saturated carbocycles. The van der Waals surface area contributed by atoms with Crippen molar-refractivity contribution in [2.24, 2.45) is 0 Å². The Kier molecular flexibility index (Phi) is 6.53. The Morgan fingerprint density at radius 3 is 1.62 bits per heavy atom. The van der Waals surface area contributed by atoms with Crippen LogP contribution in [0.3, 0.4) is 0 Å². The van der Waals surface area contributed by atoms with E-state index in [1.54, 1.807) is 0 Å². The third-order valence-electron chi connectivity index (χ3n) is 10.0. The van der Waals surface area contributed by atoms with E-state index in [-0.39, 0.29) is 0 Å². The Balaban J connectivity index is 1.18. The molecule has 50 heavy (non-hydrogen) atoms. The maximum absolute atomic E-state index is 6.49. The minimum absolute atomic E-state index is 0.899. The van der Waals surface area contributed by atoms with E-state index in [2.05, 4.69) is 187 Å². The molecule has 0 spiro atoms. The van der Waals surface area contributed by atoms with Crippen molar-refractivity contribution in [2.45, 2.75) is 0 Å². The monoisotopic (exact) mass is 637 g/mol. The van der Waals surface area contributed by atoms with E-state index in [0.717, 1.165) is 49.8 Å². The van der Waals surface area contributed by atoms with Gasteiger partial charge in [-0.15, -0.1) is 0 Å². The van der Waals surface area contributed by atoms with E-state index in [1.165, 1.54) is 43.8 Å². The number of hydrogen-bond donors (Lipinski definition) is 0. The molecule has 0 saturated heterocycles. The molecule has 10 aromatic rings. The highest BCUT2D eigenvalue weighted by Crippen LogP contribution is 2.45. The second-order valence-corrected chi connectivity index (χ2v) is 12.9. The van der Waals surface area contributed by atoms with Crippen LogP contribution in [0.25, 0.3) is 76.5 Å².